The van der Waals surface area contributed by atoms with Gasteiger partial charge in [0, 0.05) is 32.7 Å². The van der Waals surface area contributed by atoms with Gasteiger partial charge in [0.2, 0.25) is 5.91 Å². The molecule has 0 aromatic carbocycles. The van der Waals surface area contributed by atoms with E-state index in [4.69, 9.17) is 9.15 Å². The van der Waals surface area contributed by atoms with Gasteiger partial charge in [0.1, 0.15) is 17.9 Å². The average Bonchev–Trinajstić information content (AvgIpc) is 3.26. The number of amides is 2. The van der Waals surface area contributed by atoms with E-state index in [1.165, 1.54) is 0 Å². The summed E-state index contributed by atoms with van der Waals surface area (Å²) in [7, 11) is 0. The fourth-order valence-electron chi connectivity index (χ4n) is 3.53. The summed E-state index contributed by atoms with van der Waals surface area (Å²) in [6.45, 7) is 13.8. The molecule has 1 aliphatic rings. The SMILES string of the molecule is CCNC(=NCC(=O)NCc1ccco1)N1CCC(CN(CC)C(=O)OC(C)(C)C)CC1. The van der Waals surface area contributed by atoms with Crippen LogP contribution in [0.25, 0.3) is 0 Å². The van der Waals surface area contributed by atoms with Crippen LogP contribution < -0.4 is 10.6 Å². The van der Waals surface area contributed by atoms with Crippen molar-refractivity contribution in [3.63, 3.8) is 0 Å². The molecule has 32 heavy (non-hydrogen) atoms. The minimum absolute atomic E-state index is 0.0607. The van der Waals surface area contributed by atoms with Gasteiger partial charge >= 0.3 is 6.09 Å². The standard InChI is InChI=1S/C23H39N5O4/c1-6-24-21(26-16-20(29)25-15-19-9-8-14-31-19)28-12-10-18(11-13-28)17-27(7-2)22(30)32-23(3,4)5/h8-9,14,18H,6-7,10-13,15-17H2,1-5H3,(H,24,26)(H,25,29). The maximum Gasteiger partial charge on any atom is 0.410 e. The highest BCUT2D eigenvalue weighted by atomic mass is 16.6. The Labute approximate surface area is 191 Å². The third-order valence-corrected chi connectivity index (χ3v) is 5.17. The Morgan fingerprint density at radius 2 is 1.97 bits per heavy atom. The molecule has 1 saturated heterocycles. The van der Waals surface area contributed by atoms with Gasteiger partial charge in [0.25, 0.3) is 0 Å². The van der Waals surface area contributed by atoms with Crippen LogP contribution in [0.4, 0.5) is 4.79 Å². The Morgan fingerprint density at radius 1 is 1.25 bits per heavy atom. The molecule has 2 rings (SSSR count). The number of hydrogen-bond acceptors (Lipinski definition) is 5. The molecule has 180 valence electrons. The van der Waals surface area contributed by atoms with Gasteiger partial charge < -0.3 is 29.6 Å². The summed E-state index contributed by atoms with van der Waals surface area (Å²) in [5.41, 5.74) is -0.491. The van der Waals surface area contributed by atoms with Crippen LogP contribution in [0.3, 0.4) is 0 Å². The highest BCUT2D eigenvalue weighted by Gasteiger charge is 2.27. The van der Waals surface area contributed by atoms with Gasteiger partial charge in [-0.25, -0.2) is 9.79 Å². The minimum atomic E-state index is -0.491. The van der Waals surface area contributed by atoms with Crippen molar-refractivity contribution in [3.05, 3.63) is 24.2 Å². The first-order valence-electron chi connectivity index (χ1n) is 11.5. The predicted molar refractivity (Wildman–Crippen MR) is 124 cm³/mol. The van der Waals surface area contributed by atoms with E-state index in [1.807, 2.05) is 40.7 Å². The summed E-state index contributed by atoms with van der Waals surface area (Å²) < 4.78 is 10.7. The van der Waals surface area contributed by atoms with Crippen molar-refractivity contribution >= 4 is 18.0 Å². The molecule has 9 heteroatoms. The summed E-state index contributed by atoms with van der Waals surface area (Å²) in [5, 5.41) is 6.09. The number of carbonyl (C=O) groups excluding carboxylic acids is 2. The van der Waals surface area contributed by atoms with Crippen molar-refractivity contribution in [1.29, 1.82) is 0 Å². The van der Waals surface area contributed by atoms with Crippen molar-refractivity contribution < 1.29 is 18.7 Å². The molecule has 1 fully saturated rings. The van der Waals surface area contributed by atoms with Crippen LogP contribution in [0.15, 0.2) is 27.8 Å². The molecule has 2 N–H and O–H groups in total. The summed E-state index contributed by atoms with van der Waals surface area (Å²) in [4.78, 5) is 33.0. The number of likely N-dealkylation sites (tertiary alicyclic amines) is 1. The van der Waals surface area contributed by atoms with Gasteiger partial charge in [-0.2, -0.15) is 0 Å². The van der Waals surface area contributed by atoms with E-state index in [-0.39, 0.29) is 18.5 Å². The van der Waals surface area contributed by atoms with Crippen LogP contribution in [-0.4, -0.2) is 72.6 Å². The number of carbonyl (C=O) groups is 2. The fraction of sp³-hybridized carbons (Fsp3) is 0.696. The molecule has 0 saturated carbocycles. The third-order valence-electron chi connectivity index (χ3n) is 5.17. The van der Waals surface area contributed by atoms with Crippen LogP contribution >= 0.6 is 0 Å². The zero-order chi connectivity index (χ0) is 23.6. The number of furan rings is 1. The van der Waals surface area contributed by atoms with E-state index in [0.29, 0.717) is 31.3 Å². The molecule has 0 bridgehead atoms. The molecular weight excluding hydrogens is 410 g/mol. The lowest BCUT2D eigenvalue weighted by atomic mass is 9.96. The van der Waals surface area contributed by atoms with Crippen molar-refractivity contribution in [1.82, 2.24) is 20.4 Å². The number of aliphatic imine (C=N–C) groups is 1. The molecule has 1 aromatic rings. The second kappa shape index (κ2) is 12.4. The number of ether oxygens (including phenoxy) is 1. The molecule has 2 amide bonds. The third kappa shape index (κ3) is 8.80. The Morgan fingerprint density at radius 3 is 2.53 bits per heavy atom. The van der Waals surface area contributed by atoms with Crippen molar-refractivity contribution in [3.8, 4) is 0 Å². The van der Waals surface area contributed by atoms with Crippen molar-refractivity contribution in [2.45, 2.75) is 59.6 Å². The Bertz CT molecular complexity index is 734. The number of nitrogens with zero attached hydrogens (tertiary/aromatic N) is 3. The van der Waals surface area contributed by atoms with Gasteiger partial charge in [0.15, 0.2) is 5.96 Å². The first-order chi connectivity index (χ1) is 15.2. The largest absolute Gasteiger partial charge is 0.467 e. The van der Waals surface area contributed by atoms with Crippen LogP contribution in [0.1, 0.15) is 53.2 Å². The minimum Gasteiger partial charge on any atom is -0.467 e. The normalized spacial score (nSPS) is 15.4. The highest BCUT2D eigenvalue weighted by molar-refractivity contribution is 5.85. The quantitative estimate of drug-likeness (QED) is 0.468. The number of guanidine groups is 1. The Hall–Kier alpha value is -2.71. The second-order valence-electron chi connectivity index (χ2n) is 8.98. The lowest BCUT2D eigenvalue weighted by molar-refractivity contribution is -0.119. The van der Waals surface area contributed by atoms with Gasteiger partial charge in [-0.15, -0.1) is 0 Å². The van der Waals surface area contributed by atoms with Gasteiger partial charge in [-0.05, 0) is 65.5 Å². The van der Waals surface area contributed by atoms with E-state index in [1.54, 1.807) is 17.2 Å². The number of hydrogen-bond donors (Lipinski definition) is 2. The van der Waals surface area contributed by atoms with Gasteiger partial charge in [-0.1, -0.05) is 0 Å². The maximum absolute atomic E-state index is 12.4. The first kappa shape index (κ1) is 25.5. The Balaban J connectivity index is 1.83. The Kier molecular flexibility index (Phi) is 9.87. The molecule has 0 atom stereocenters. The van der Waals surface area contributed by atoms with E-state index < -0.39 is 5.60 Å². The zero-order valence-electron chi connectivity index (χ0n) is 20.1. The van der Waals surface area contributed by atoms with Gasteiger partial charge in [0.05, 0.1) is 12.8 Å². The number of rotatable bonds is 8. The number of piperidine rings is 1. The number of nitrogens with one attached hydrogen (secondary N) is 2. The first-order valence-corrected chi connectivity index (χ1v) is 11.5. The van der Waals surface area contributed by atoms with Gasteiger partial charge in [-0.3, -0.25) is 4.79 Å². The molecule has 0 spiro atoms. The smallest absolute Gasteiger partial charge is 0.410 e. The summed E-state index contributed by atoms with van der Waals surface area (Å²) in [6, 6.07) is 3.61. The summed E-state index contributed by atoms with van der Waals surface area (Å²) >= 11 is 0. The molecular formula is C23H39N5O4. The van der Waals surface area contributed by atoms with Crippen LogP contribution in [-0.2, 0) is 16.1 Å². The molecule has 0 unspecified atom stereocenters. The lowest BCUT2D eigenvalue weighted by Crippen LogP contribution is -2.48. The van der Waals surface area contributed by atoms with Crippen LogP contribution in [0.2, 0.25) is 0 Å². The molecule has 9 nitrogen and oxygen atoms in total. The summed E-state index contributed by atoms with van der Waals surface area (Å²) in [5.74, 6) is 1.73. The molecule has 0 aliphatic carbocycles. The van der Waals surface area contributed by atoms with E-state index in [2.05, 4.69) is 20.5 Å². The topological polar surface area (TPSA) is 99.4 Å². The fourth-order valence-corrected chi connectivity index (χ4v) is 3.53. The van der Waals surface area contributed by atoms with Crippen LogP contribution in [0, 0.1) is 5.92 Å². The van der Waals surface area contributed by atoms with E-state index in [0.717, 1.165) is 38.4 Å². The molecule has 2 heterocycles. The van der Waals surface area contributed by atoms with E-state index in [9.17, 15) is 9.59 Å². The highest BCUT2D eigenvalue weighted by Crippen LogP contribution is 2.20. The monoisotopic (exact) mass is 449 g/mol. The molecule has 1 aromatic heterocycles. The summed E-state index contributed by atoms with van der Waals surface area (Å²) in [6.07, 6.45) is 3.24. The van der Waals surface area contributed by atoms with E-state index >= 15 is 0 Å². The predicted octanol–water partition coefficient (Wildman–Crippen LogP) is 2.83. The van der Waals surface area contributed by atoms with Crippen LogP contribution in [0.5, 0.6) is 0 Å². The zero-order valence-corrected chi connectivity index (χ0v) is 20.1. The molecule has 1 aliphatic heterocycles. The second-order valence-corrected chi connectivity index (χ2v) is 8.98. The average molecular weight is 450 g/mol. The van der Waals surface area contributed by atoms with Crippen molar-refractivity contribution in [2.24, 2.45) is 10.9 Å². The maximum atomic E-state index is 12.4. The van der Waals surface area contributed by atoms with Crippen molar-refractivity contribution in [2.75, 3.05) is 39.3 Å². The lowest BCUT2D eigenvalue weighted by Gasteiger charge is -2.36. The molecule has 0 radical (unpaired) electrons.